The zero-order chi connectivity index (χ0) is 12.8. The first-order chi connectivity index (χ1) is 8.06. The molecule has 1 unspecified atom stereocenters. The molecule has 0 aromatic heterocycles. The SMILES string of the molecule is CCC(C)c1ccccc1OCC(=O)N(C)C. The molecule has 0 heterocycles. The normalized spacial score (nSPS) is 12.0. The van der Waals surface area contributed by atoms with Crippen molar-refractivity contribution in [2.75, 3.05) is 20.7 Å². The summed E-state index contributed by atoms with van der Waals surface area (Å²) in [7, 11) is 3.46. The minimum absolute atomic E-state index is 0.0241. The van der Waals surface area contributed by atoms with Crippen LogP contribution in [-0.4, -0.2) is 31.5 Å². The molecule has 0 saturated heterocycles. The Morgan fingerprint density at radius 1 is 1.35 bits per heavy atom. The van der Waals surface area contributed by atoms with Gasteiger partial charge in [-0.1, -0.05) is 32.0 Å². The van der Waals surface area contributed by atoms with E-state index in [0.29, 0.717) is 5.92 Å². The number of para-hydroxylation sites is 1. The third-order valence-corrected chi connectivity index (χ3v) is 2.91. The van der Waals surface area contributed by atoms with Crippen LogP contribution >= 0.6 is 0 Å². The standard InChI is InChI=1S/C14H21NO2/c1-5-11(2)12-8-6-7-9-13(12)17-10-14(16)15(3)4/h6-9,11H,5,10H2,1-4H3. The molecule has 0 saturated carbocycles. The molecule has 1 amide bonds. The molecule has 0 aliphatic rings. The second-order valence-corrected chi connectivity index (χ2v) is 4.42. The first-order valence-corrected chi connectivity index (χ1v) is 5.98. The van der Waals surface area contributed by atoms with E-state index in [1.807, 2.05) is 18.2 Å². The third-order valence-electron chi connectivity index (χ3n) is 2.91. The number of nitrogens with zero attached hydrogens (tertiary/aromatic N) is 1. The van der Waals surface area contributed by atoms with E-state index in [9.17, 15) is 4.79 Å². The molecule has 0 aliphatic heterocycles. The molecule has 1 aromatic carbocycles. The fourth-order valence-electron chi connectivity index (χ4n) is 1.51. The molecule has 0 radical (unpaired) electrons. The van der Waals surface area contributed by atoms with Crippen molar-refractivity contribution in [3.63, 3.8) is 0 Å². The number of carbonyl (C=O) groups excluding carboxylic acids is 1. The molecule has 94 valence electrons. The van der Waals surface area contributed by atoms with Gasteiger partial charge in [-0.2, -0.15) is 0 Å². The first-order valence-electron chi connectivity index (χ1n) is 5.98. The van der Waals surface area contributed by atoms with Gasteiger partial charge < -0.3 is 9.64 Å². The average Bonchev–Trinajstić information content (AvgIpc) is 2.35. The lowest BCUT2D eigenvalue weighted by atomic mass is 9.98. The molecule has 0 fully saturated rings. The molecule has 1 atom stereocenters. The van der Waals surface area contributed by atoms with E-state index in [-0.39, 0.29) is 12.5 Å². The topological polar surface area (TPSA) is 29.5 Å². The van der Waals surface area contributed by atoms with Crippen molar-refractivity contribution in [3.05, 3.63) is 29.8 Å². The molecule has 0 aliphatic carbocycles. The van der Waals surface area contributed by atoms with Gasteiger partial charge in [0.2, 0.25) is 0 Å². The summed E-state index contributed by atoms with van der Waals surface area (Å²) in [6.45, 7) is 4.41. The zero-order valence-corrected chi connectivity index (χ0v) is 11.1. The van der Waals surface area contributed by atoms with Crippen molar-refractivity contribution in [3.8, 4) is 5.75 Å². The van der Waals surface area contributed by atoms with Crippen LogP contribution in [0.2, 0.25) is 0 Å². The van der Waals surface area contributed by atoms with Gasteiger partial charge in [0.15, 0.2) is 6.61 Å². The quantitative estimate of drug-likeness (QED) is 0.785. The fourth-order valence-corrected chi connectivity index (χ4v) is 1.51. The van der Waals surface area contributed by atoms with Gasteiger partial charge in [-0.15, -0.1) is 0 Å². The van der Waals surface area contributed by atoms with Crippen molar-refractivity contribution in [2.45, 2.75) is 26.2 Å². The maximum atomic E-state index is 11.5. The molecule has 0 N–H and O–H groups in total. The summed E-state index contributed by atoms with van der Waals surface area (Å²) in [5.41, 5.74) is 1.17. The van der Waals surface area contributed by atoms with Gasteiger partial charge in [0.05, 0.1) is 0 Å². The van der Waals surface area contributed by atoms with Crippen LogP contribution in [0.5, 0.6) is 5.75 Å². The van der Waals surface area contributed by atoms with Crippen LogP contribution in [0.1, 0.15) is 31.7 Å². The highest BCUT2D eigenvalue weighted by Gasteiger charge is 2.11. The molecule has 1 rings (SSSR count). The summed E-state index contributed by atoms with van der Waals surface area (Å²) >= 11 is 0. The summed E-state index contributed by atoms with van der Waals surface area (Å²) in [5.74, 6) is 1.24. The lowest BCUT2D eigenvalue weighted by molar-refractivity contribution is -0.130. The van der Waals surface area contributed by atoms with Crippen molar-refractivity contribution >= 4 is 5.91 Å². The van der Waals surface area contributed by atoms with Crippen molar-refractivity contribution in [1.82, 2.24) is 4.90 Å². The minimum Gasteiger partial charge on any atom is -0.483 e. The monoisotopic (exact) mass is 235 g/mol. The van der Waals surface area contributed by atoms with Gasteiger partial charge in [0, 0.05) is 14.1 Å². The van der Waals surface area contributed by atoms with Crippen molar-refractivity contribution < 1.29 is 9.53 Å². The van der Waals surface area contributed by atoms with E-state index in [1.54, 1.807) is 14.1 Å². The molecule has 1 aromatic rings. The summed E-state index contributed by atoms with van der Waals surface area (Å²) in [5, 5.41) is 0. The average molecular weight is 235 g/mol. The summed E-state index contributed by atoms with van der Waals surface area (Å²) in [6.07, 6.45) is 1.06. The van der Waals surface area contributed by atoms with Crippen LogP contribution in [0, 0.1) is 0 Å². The van der Waals surface area contributed by atoms with E-state index in [2.05, 4.69) is 19.9 Å². The molecule has 0 spiro atoms. The number of hydrogen-bond donors (Lipinski definition) is 0. The Kier molecular flexibility index (Phi) is 5.01. The summed E-state index contributed by atoms with van der Waals surface area (Å²) < 4.78 is 5.59. The molecule has 17 heavy (non-hydrogen) atoms. The van der Waals surface area contributed by atoms with Gasteiger partial charge in [0.25, 0.3) is 5.91 Å². The molecule has 3 nitrogen and oxygen atoms in total. The molecule has 0 bridgehead atoms. The highest BCUT2D eigenvalue weighted by atomic mass is 16.5. The van der Waals surface area contributed by atoms with E-state index in [1.165, 1.54) is 10.5 Å². The lowest BCUT2D eigenvalue weighted by Gasteiger charge is -2.16. The number of benzene rings is 1. The number of likely N-dealkylation sites (N-methyl/N-ethyl adjacent to an activating group) is 1. The van der Waals surface area contributed by atoms with Crippen molar-refractivity contribution in [2.24, 2.45) is 0 Å². The van der Waals surface area contributed by atoms with Gasteiger partial charge in [-0.3, -0.25) is 4.79 Å². The second kappa shape index (κ2) is 6.28. The predicted molar refractivity (Wildman–Crippen MR) is 69.3 cm³/mol. The van der Waals surface area contributed by atoms with Crippen LogP contribution in [0.4, 0.5) is 0 Å². The Morgan fingerprint density at radius 3 is 2.59 bits per heavy atom. The van der Waals surface area contributed by atoms with Gasteiger partial charge >= 0.3 is 0 Å². The van der Waals surface area contributed by atoms with Crippen LogP contribution in [0.15, 0.2) is 24.3 Å². The largest absolute Gasteiger partial charge is 0.483 e. The fraction of sp³-hybridized carbons (Fsp3) is 0.500. The van der Waals surface area contributed by atoms with Gasteiger partial charge in [0.1, 0.15) is 5.75 Å². The number of amides is 1. The minimum atomic E-state index is -0.0241. The number of ether oxygens (including phenoxy) is 1. The lowest BCUT2D eigenvalue weighted by Crippen LogP contribution is -2.27. The van der Waals surface area contributed by atoms with E-state index < -0.39 is 0 Å². The van der Waals surface area contributed by atoms with Gasteiger partial charge in [-0.05, 0) is 24.0 Å². The smallest absolute Gasteiger partial charge is 0.259 e. The second-order valence-electron chi connectivity index (χ2n) is 4.42. The molecular formula is C14H21NO2. The number of rotatable bonds is 5. The number of hydrogen-bond acceptors (Lipinski definition) is 2. The van der Waals surface area contributed by atoms with E-state index in [4.69, 9.17) is 4.74 Å². The Balaban J connectivity index is 2.74. The Bertz CT molecular complexity index is 374. The highest BCUT2D eigenvalue weighted by Crippen LogP contribution is 2.28. The summed E-state index contributed by atoms with van der Waals surface area (Å²) in [4.78, 5) is 13.0. The van der Waals surface area contributed by atoms with E-state index >= 15 is 0 Å². The predicted octanol–water partition coefficient (Wildman–Crippen LogP) is 2.67. The zero-order valence-electron chi connectivity index (χ0n) is 11.1. The molecule has 3 heteroatoms. The van der Waals surface area contributed by atoms with Crippen LogP contribution < -0.4 is 4.74 Å². The Labute approximate surface area is 103 Å². The number of carbonyl (C=O) groups is 1. The van der Waals surface area contributed by atoms with Crippen molar-refractivity contribution in [1.29, 1.82) is 0 Å². The maximum absolute atomic E-state index is 11.5. The highest BCUT2D eigenvalue weighted by molar-refractivity contribution is 5.77. The third kappa shape index (κ3) is 3.77. The van der Waals surface area contributed by atoms with Gasteiger partial charge in [-0.25, -0.2) is 0 Å². The van der Waals surface area contributed by atoms with Crippen LogP contribution in [-0.2, 0) is 4.79 Å². The van der Waals surface area contributed by atoms with Crippen LogP contribution in [0.25, 0.3) is 0 Å². The Hall–Kier alpha value is -1.51. The first kappa shape index (κ1) is 13.6. The summed E-state index contributed by atoms with van der Waals surface area (Å²) in [6, 6.07) is 7.91. The maximum Gasteiger partial charge on any atom is 0.259 e. The van der Waals surface area contributed by atoms with Crippen LogP contribution in [0.3, 0.4) is 0 Å². The Morgan fingerprint density at radius 2 is 2.00 bits per heavy atom. The molecular weight excluding hydrogens is 214 g/mol. The van der Waals surface area contributed by atoms with E-state index in [0.717, 1.165) is 12.2 Å².